The largest absolute Gasteiger partial charge is 1.00 e. The van der Waals surface area contributed by atoms with Gasteiger partial charge < -0.3 is 4.66 Å². The molecular weight excluding hydrogens is 255 g/mol. The molecule has 0 aliphatic rings. The molecule has 0 amide bonds. The van der Waals surface area contributed by atoms with Gasteiger partial charge in [0, 0.05) is 6.20 Å². The molecule has 0 bridgehead atoms. The van der Waals surface area contributed by atoms with Crippen LogP contribution in [0.2, 0.25) is 19.6 Å². The first kappa shape index (κ1) is 16.8. The van der Waals surface area contributed by atoms with E-state index in [0.717, 1.165) is 17.0 Å². The van der Waals surface area contributed by atoms with E-state index < -0.39 is 8.24 Å². The van der Waals surface area contributed by atoms with Gasteiger partial charge in [0.1, 0.15) is 0 Å². The first-order valence-corrected chi connectivity index (χ1v) is 9.90. The second-order valence-corrected chi connectivity index (χ2v) is 10.00. The van der Waals surface area contributed by atoms with Crippen molar-refractivity contribution >= 4 is 13.9 Å². The molecule has 0 fully saturated rings. The molecule has 1 aromatic heterocycles. The maximum absolute atomic E-state index is 4.93. The van der Waals surface area contributed by atoms with E-state index in [1.807, 2.05) is 42.6 Å². The molecule has 0 unspecified atom stereocenters. The van der Waals surface area contributed by atoms with Crippen molar-refractivity contribution in [1.82, 2.24) is 4.98 Å². The topological polar surface area (TPSA) is 25.2 Å². The number of nitrogens with zero attached hydrogens (tertiary/aromatic N) is 2. The maximum Gasteiger partial charge on any atom is 1.00 e. The van der Waals surface area contributed by atoms with Crippen molar-refractivity contribution < 1.29 is 18.9 Å². The standard InChI is InChI=1S/C16H19N2Si.Li/c1-19(2,3)18-16(14-9-5-4-6-10-14)13-15-11-7-8-12-17-15;/h4-13H,1-3H3;/q-1;+1. The predicted octanol–water partition coefficient (Wildman–Crippen LogP) is 0.962. The molecule has 0 aliphatic heterocycles. The molecular formula is C16H19LiN2Si. The summed E-state index contributed by atoms with van der Waals surface area (Å²) in [5, 5.41) is 0. The van der Waals surface area contributed by atoms with E-state index in [2.05, 4.69) is 43.2 Å². The van der Waals surface area contributed by atoms with E-state index in [0.29, 0.717) is 0 Å². The van der Waals surface area contributed by atoms with Crippen molar-refractivity contribution in [2.45, 2.75) is 19.6 Å². The minimum Gasteiger partial charge on any atom is -0.346 e. The molecule has 20 heavy (non-hydrogen) atoms. The van der Waals surface area contributed by atoms with Gasteiger partial charge >= 0.3 is 18.9 Å². The van der Waals surface area contributed by atoms with Gasteiger partial charge in [-0.3, -0.25) is 4.98 Å². The summed E-state index contributed by atoms with van der Waals surface area (Å²) >= 11 is 0. The van der Waals surface area contributed by atoms with Gasteiger partial charge in [-0.05, 0) is 5.69 Å². The van der Waals surface area contributed by atoms with Crippen LogP contribution in [0.4, 0.5) is 0 Å². The first-order valence-electron chi connectivity index (χ1n) is 6.46. The Morgan fingerprint density at radius 3 is 2.20 bits per heavy atom. The molecule has 0 saturated heterocycles. The quantitative estimate of drug-likeness (QED) is 0.463. The molecule has 0 saturated carbocycles. The van der Waals surface area contributed by atoms with Crippen molar-refractivity contribution in [2.24, 2.45) is 4.66 Å². The molecule has 0 atom stereocenters. The van der Waals surface area contributed by atoms with Crippen LogP contribution < -0.4 is 18.9 Å². The molecule has 4 heteroatoms. The Balaban J connectivity index is 0.00000200. The summed E-state index contributed by atoms with van der Waals surface area (Å²) < 4.78 is 4.93. The zero-order valence-corrected chi connectivity index (χ0v) is 13.7. The molecule has 0 spiro atoms. The second-order valence-electron chi connectivity index (χ2n) is 5.43. The van der Waals surface area contributed by atoms with Crippen molar-refractivity contribution in [3.05, 3.63) is 72.4 Å². The monoisotopic (exact) mass is 274 g/mol. The number of hydrogen-bond donors (Lipinski definition) is 0. The SMILES string of the molecule is C[Si](C)(C)N=C([CH-]c1ccccn1)c1ccccc1.[Li+]. The van der Waals surface area contributed by atoms with Crippen LogP contribution in [-0.2, 0) is 0 Å². The van der Waals surface area contributed by atoms with E-state index in [-0.39, 0.29) is 18.9 Å². The Labute approximate surface area is 134 Å². The number of hydrogen-bond acceptors (Lipinski definition) is 2. The van der Waals surface area contributed by atoms with Gasteiger partial charge in [0.05, 0.1) is 0 Å². The zero-order valence-electron chi connectivity index (χ0n) is 12.7. The third-order valence-electron chi connectivity index (χ3n) is 2.50. The number of benzene rings is 1. The third-order valence-corrected chi connectivity index (χ3v) is 3.41. The minimum atomic E-state index is -1.53. The van der Waals surface area contributed by atoms with Crippen LogP contribution in [0.3, 0.4) is 0 Å². The molecule has 0 radical (unpaired) electrons. The second kappa shape index (κ2) is 7.49. The van der Waals surface area contributed by atoms with Gasteiger partial charge in [0.25, 0.3) is 0 Å². The molecule has 2 aromatic rings. The van der Waals surface area contributed by atoms with E-state index in [9.17, 15) is 0 Å². The fourth-order valence-corrected chi connectivity index (χ4v) is 2.67. The Morgan fingerprint density at radius 1 is 1.00 bits per heavy atom. The van der Waals surface area contributed by atoms with Crippen molar-refractivity contribution in [1.29, 1.82) is 0 Å². The molecule has 2 rings (SSSR count). The molecule has 98 valence electrons. The first-order chi connectivity index (χ1) is 9.04. The van der Waals surface area contributed by atoms with Crippen LogP contribution in [0.1, 0.15) is 11.3 Å². The minimum absolute atomic E-state index is 0. The maximum atomic E-state index is 4.93. The average molecular weight is 274 g/mol. The Bertz CT molecular complexity index is 548. The normalized spacial score (nSPS) is 11.7. The zero-order chi connectivity index (χ0) is 13.7. The number of rotatable bonds is 4. The van der Waals surface area contributed by atoms with Gasteiger partial charge in [-0.1, -0.05) is 55.2 Å². The Hall–Kier alpha value is -1.28. The van der Waals surface area contributed by atoms with E-state index in [4.69, 9.17) is 4.66 Å². The Kier molecular flexibility index (Phi) is 6.28. The van der Waals surface area contributed by atoms with E-state index >= 15 is 0 Å². The average Bonchev–Trinajstić information content (AvgIpc) is 2.39. The summed E-state index contributed by atoms with van der Waals surface area (Å²) in [6, 6.07) is 16.2. The van der Waals surface area contributed by atoms with Crippen LogP contribution in [-0.4, -0.2) is 18.9 Å². The summed E-state index contributed by atoms with van der Waals surface area (Å²) in [5.74, 6) is 0. The summed E-state index contributed by atoms with van der Waals surface area (Å²) in [6.45, 7) is 6.71. The summed E-state index contributed by atoms with van der Waals surface area (Å²) in [7, 11) is -1.53. The number of pyridine rings is 1. The van der Waals surface area contributed by atoms with Gasteiger partial charge in [0.15, 0.2) is 8.24 Å². The van der Waals surface area contributed by atoms with Crippen LogP contribution >= 0.6 is 0 Å². The van der Waals surface area contributed by atoms with Crippen molar-refractivity contribution in [2.75, 3.05) is 0 Å². The van der Waals surface area contributed by atoms with E-state index in [1.165, 1.54) is 0 Å². The number of aromatic nitrogens is 1. The smallest absolute Gasteiger partial charge is 0.346 e. The van der Waals surface area contributed by atoms with Gasteiger partial charge in [-0.15, -0.1) is 30.7 Å². The molecule has 2 nitrogen and oxygen atoms in total. The summed E-state index contributed by atoms with van der Waals surface area (Å²) in [6.07, 6.45) is 3.87. The Morgan fingerprint density at radius 2 is 1.65 bits per heavy atom. The van der Waals surface area contributed by atoms with Crippen molar-refractivity contribution in [3.63, 3.8) is 0 Å². The molecule has 1 heterocycles. The molecule has 0 aliphatic carbocycles. The van der Waals surface area contributed by atoms with Crippen LogP contribution in [0, 0.1) is 6.42 Å². The third kappa shape index (κ3) is 5.38. The fraction of sp³-hybridized carbons (Fsp3) is 0.188. The van der Waals surface area contributed by atoms with Crippen LogP contribution in [0.15, 0.2) is 59.4 Å². The van der Waals surface area contributed by atoms with E-state index in [1.54, 1.807) is 0 Å². The molecule has 0 N–H and O–H groups in total. The van der Waals surface area contributed by atoms with Gasteiger partial charge in [-0.25, -0.2) is 0 Å². The van der Waals surface area contributed by atoms with Gasteiger partial charge in [0.2, 0.25) is 0 Å². The van der Waals surface area contributed by atoms with Crippen LogP contribution in [0.25, 0.3) is 0 Å². The van der Waals surface area contributed by atoms with Gasteiger partial charge in [-0.2, -0.15) is 0 Å². The molecule has 1 aromatic carbocycles. The van der Waals surface area contributed by atoms with Crippen molar-refractivity contribution in [3.8, 4) is 0 Å². The van der Waals surface area contributed by atoms with Crippen LogP contribution in [0.5, 0.6) is 0 Å². The predicted molar refractivity (Wildman–Crippen MR) is 84.0 cm³/mol. The summed E-state index contributed by atoms with van der Waals surface area (Å²) in [4.78, 5) is 4.35. The fourth-order valence-electron chi connectivity index (χ4n) is 1.75. The summed E-state index contributed by atoms with van der Waals surface area (Å²) in [5.41, 5.74) is 3.12.